The van der Waals surface area contributed by atoms with Crippen LogP contribution in [-0.2, 0) is 20.7 Å². The molecule has 0 bridgehead atoms. The van der Waals surface area contributed by atoms with Gasteiger partial charge in [-0.3, -0.25) is 19.5 Å². The highest BCUT2D eigenvalue weighted by atomic mass is 16.5. The molecule has 1 amide bonds. The fourth-order valence-electron chi connectivity index (χ4n) is 5.01. The Morgan fingerprint density at radius 1 is 1.18 bits per heavy atom. The topological polar surface area (TPSA) is 92.2 Å². The van der Waals surface area contributed by atoms with Crippen molar-refractivity contribution in [3.05, 3.63) is 65.0 Å². The van der Waals surface area contributed by atoms with Crippen molar-refractivity contribution < 1.29 is 24.2 Å². The molecule has 0 aliphatic carbocycles. The molecule has 3 aliphatic rings. The van der Waals surface area contributed by atoms with E-state index in [1.54, 1.807) is 29.4 Å². The van der Waals surface area contributed by atoms with Crippen LogP contribution in [0.4, 0.5) is 0 Å². The van der Waals surface area contributed by atoms with Gasteiger partial charge >= 0.3 is 0 Å². The Morgan fingerprint density at radius 2 is 2.00 bits per heavy atom. The Morgan fingerprint density at radius 3 is 2.76 bits per heavy atom. The van der Waals surface area contributed by atoms with Gasteiger partial charge in [-0.25, -0.2) is 0 Å². The maximum Gasteiger partial charge on any atom is 0.295 e. The molecule has 0 saturated carbocycles. The molecule has 1 aromatic carbocycles. The van der Waals surface area contributed by atoms with Crippen molar-refractivity contribution in [3.63, 3.8) is 0 Å². The first-order valence-electron chi connectivity index (χ1n) is 11.8. The van der Waals surface area contributed by atoms with E-state index in [-0.39, 0.29) is 17.4 Å². The standard InChI is InChI=1S/C26H29N3O5/c1-17-14-20-15-18(5-6-21(20)34-17)24(30)22-23(19-4-2-7-27-16-19)29(26(32)25(22)31)9-3-8-28-10-12-33-13-11-28/h2,4-7,15-17,23,30H,3,8-14H2,1H3. The molecule has 8 heteroatoms. The molecule has 2 saturated heterocycles. The Kier molecular flexibility index (Phi) is 6.34. The predicted octanol–water partition coefficient (Wildman–Crippen LogP) is 2.55. The summed E-state index contributed by atoms with van der Waals surface area (Å²) < 4.78 is 11.2. The van der Waals surface area contributed by atoms with Crippen molar-refractivity contribution >= 4 is 17.4 Å². The average Bonchev–Trinajstić information content (AvgIpc) is 3.35. The summed E-state index contributed by atoms with van der Waals surface area (Å²) in [4.78, 5) is 34.4. The molecule has 2 unspecified atom stereocenters. The molecule has 178 valence electrons. The molecule has 2 aromatic rings. The Bertz CT molecular complexity index is 1110. The largest absolute Gasteiger partial charge is 0.507 e. The number of benzene rings is 1. The first kappa shape index (κ1) is 22.6. The van der Waals surface area contributed by atoms with Gasteiger partial charge in [0.15, 0.2) is 0 Å². The lowest BCUT2D eigenvalue weighted by Crippen LogP contribution is -2.39. The predicted molar refractivity (Wildman–Crippen MR) is 125 cm³/mol. The number of aromatic nitrogens is 1. The van der Waals surface area contributed by atoms with E-state index >= 15 is 0 Å². The second kappa shape index (κ2) is 9.56. The average molecular weight is 464 g/mol. The smallest absolute Gasteiger partial charge is 0.295 e. The van der Waals surface area contributed by atoms with Crippen LogP contribution in [0.25, 0.3) is 5.76 Å². The molecule has 0 spiro atoms. The van der Waals surface area contributed by atoms with Gasteiger partial charge in [0.2, 0.25) is 0 Å². The number of pyridine rings is 1. The molecule has 5 rings (SSSR count). The van der Waals surface area contributed by atoms with Crippen molar-refractivity contribution in [2.45, 2.75) is 31.9 Å². The van der Waals surface area contributed by atoms with Crippen LogP contribution in [0.5, 0.6) is 5.75 Å². The van der Waals surface area contributed by atoms with Crippen molar-refractivity contribution in [1.29, 1.82) is 0 Å². The minimum atomic E-state index is -0.679. The number of aliphatic hydroxyl groups excluding tert-OH is 1. The van der Waals surface area contributed by atoms with Gasteiger partial charge in [-0.05, 0) is 48.7 Å². The minimum absolute atomic E-state index is 0.0693. The highest BCUT2D eigenvalue weighted by Gasteiger charge is 2.46. The lowest BCUT2D eigenvalue weighted by atomic mass is 9.95. The van der Waals surface area contributed by atoms with Crippen LogP contribution >= 0.6 is 0 Å². The van der Waals surface area contributed by atoms with Crippen LogP contribution < -0.4 is 4.74 Å². The molecule has 4 heterocycles. The molecular formula is C26H29N3O5. The SMILES string of the molecule is CC1Cc2cc(C(O)=C3C(=O)C(=O)N(CCCN4CCOCC4)C3c3cccnc3)ccc2O1. The van der Waals surface area contributed by atoms with E-state index in [1.165, 1.54) is 0 Å². The van der Waals surface area contributed by atoms with E-state index in [1.807, 2.05) is 25.1 Å². The normalized spacial score (nSPS) is 24.3. The van der Waals surface area contributed by atoms with Gasteiger partial charge in [-0.2, -0.15) is 0 Å². The first-order valence-corrected chi connectivity index (χ1v) is 11.8. The van der Waals surface area contributed by atoms with E-state index < -0.39 is 17.7 Å². The molecule has 1 aromatic heterocycles. The molecule has 8 nitrogen and oxygen atoms in total. The Balaban J connectivity index is 1.46. The van der Waals surface area contributed by atoms with Crippen molar-refractivity contribution in [2.24, 2.45) is 0 Å². The Labute approximate surface area is 198 Å². The van der Waals surface area contributed by atoms with Gasteiger partial charge in [0.05, 0.1) is 24.8 Å². The zero-order chi connectivity index (χ0) is 23.7. The Hall–Kier alpha value is -3.23. The van der Waals surface area contributed by atoms with Crippen LogP contribution in [0.2, 0.25) is 0 Å². The van der Waals surface area contributed by atoms with Crippen molar-refractivity contribution in [1.82, 2.24) is 14.8 Å². The molecule has 2 fully saturated rings. The maximum atomic E-state index is 13.2. The number of aliphatic hydroxyl groups is 1. The number of fused-ring (bicyclic) bond motifs is 1. The zero-order valence-electron chi connectivity index (χ0n) is 19.3. The van der Waals surface area contributed by atoms with Gasteiger partial charge in [-0.15, -0.1) is 0 Å². The fraction of sp³-hybridized carbons (Fsp3) is 0.423. The number of Topliss-reactive ketones (excluding diaryl/α,β-unsaturated/α-hetero) is 1. The maximum absolute atomic E-state index is 13.2. The van der Waals surface area contributed by atoms with Crippen molar-refractivity contribution in [3.8, 4) is 5.75 Å². The molecule has 1 N–H and O–H groups in total. The number of carbonyl (C=O) groups excluding carboxylic acids is 2. The molecule has 2 atom stereocenters. The summed E-state index contributed by atoms with van der Waals surface area (Å²) in [6, 6.07) is 8.33. The number of ketones is 1. The number of nitrogens with zero attached hydrogens (tertiary/aromatic N) is 3. The van der Waals surface area contributed by atoms with E-state index in [2.05, 4.69) is 9.88 Å². The summed E-state index contributed by atoms with van der Waals surface area (Å²) in [7, 11) is 0. The van der Waals surface area contributed by atoms with Gasteiger partial charge in [0.1, 0.15) is 17.6 Å². The number of hydrogen-bond donors (Lipinski definition) is 1. The molecular weight excluding hydrogens is 434 g/mol. The summed E-state index contributed by atoms with van der Waals surface area (Å²) in [5.74, 6) is -0.625. The molecule has 0 radical (unpaired) electrons. The van der Waals surface area contributed by atoms with Gasteiger partial charge in [0, 0.05) is 50.6 Å². The highest BCUT2D eigenvalue weighted by Crippen LogP contribution is 2.40. The summed E-state index contributed by atoms with van der Waals surface area (Å²) in [5.41, 5.74) is 2.30. The van der Waals surface area contributed by atoms with Crippen LogP contribution in [0.1, 0.15) is 36.1 Å². The number of carbonyl (C=O) groups is 2. The van der Waals surface area contributed by atoms with E-state index in [0.717, 1.165) is 43.8 Å². The minimum Gasteiger partial charge on any atom is -0.507 e. The monoisotopic (exact) mass is 463 g/mol. The van der Waals surface area contributed by atoms with E-state index in [4.69, 9.17) is 9.47 Å². The lowest BCUT2D eigenvalue weighted by Gasteiger charge is -2.29. The van der Waals surface area contributed by atoms with Crippen molar-refractivity contribution in [2.75, 3.05) is 39.4 Å². The second-order valence-electron chi connectivity index (χ2n) is 9.04. The number of likely N-dealkylation sites (tertiary alicyclic amines) is 1. The summed E-state index contributed by atoms with van der Waals surface area (Å²) in [6.07, 6.45) is 4.82. The number of rotatable bonds is 6. The number of hydrogen-bond acceptors (Lipinski definition) is 7. The summed E-state index contributed by atoms with van der Waals surface area (Å²) >= 11 is 0. The molecule has 34 heavy (non-hydrogen) atoms. The lowest BCUT2D eigenvalue weighted by molar-refractivity contribution is -0.140. The fourth-order valence-corrected chi connectivity index (χ4v) is 5.01. The van der Waals surface area contributed by atoms with E-state index in [9.17, 15) is 14.7 Å². The van der Waals surface area contributed by atoms with Crippen LogP contribution in [0.3, 0.4) is 0 Å². The quantitative estimate of drug-likeness (QED) is 0.400. The van der Waals surface area contributed by atoms with Crippen LogP contribution in [0.15, 0.2) is 48.3 Å². The van der Waals surface area contributed by atoms with E-state index in [0.29, 0.717) is 30.9 Å². The van der Waals surface area contributed by atoms with Gasteiger partial charge in [0.25, 0.3) is 11.7 Å². The summed E-state index contributed by atoms with van der Waals surface area (Å²) in [5, 5.41) is 11.3. The number of ether oxygens (including phenoxy) is 2. The van der Waals surface area contributed by atoms with Gasteiger partial charge < -0.3 is 19.5 Å². The highest BCUT2D eigenvalue weighted by molar-refractivity contribution is 6.46. The van der Waals surface area contributed by atoms with Crippen LogP contribution in [0, 0.1) is 0 Å². The van der Waals surface area contributed by atoms with Gasteiger partial charge in [-0.1, -0.05) is 6.07 Å². The second-order valence-corrected chi connectivity index (χ2v) is 9.04. The summed E-state index contributed by atoms with van der Waals surface area (Å²) in [6.45, 7) is 6.37. The number of amides is 1. The van der Waals surface area contributed by atoms with Crippen LogP contribution in [-0.4, -0.2) is 77.1 Å². The first-order chi connectivity index (χ1) is 16.5. The third kappa shape index (κ3) is 4.31. The number of morpholine rings is 1. The molecule has 3 aliphatic heterocycles. The third-order valence-corrected chi connectivity index (χ3v) is 6.69. The zero-order valence-corrected chi connectivity index (χ0v) is 19.3. The third-order valence-electron chi connectivity index (χ3n) is 6.69.